The lowest BCUT2D eigenvalue weighted by Gasteiger charge is -2.18. The van der Waals surface area contributed by atoms with E-state index in [0.717, 1.165) is 50.7 Å². The molecule has 1 N–H and O–H groups in total. The summed E-state index contributed by atoms with van der Waals surface area (Å²) in [5, 5.41) is 12.0. The highest BCUT2D eigenvalue weighted by Crippen LogP contribution is 2.17. The molecule has 0 unspecified atom stereocenters. The van der Waals surface area contributed by atoms with Gasteiger partial charge in [0.25, 0.3) is 0 Å². The second-order valence-corrected chi connectivity index (χ2v) is 9.34. The second kappa shape index (κ2) is 11.8. The minimum Gasteiger partial charge on any atom is -0.378 e. The number of fused-ring (bicyclic) bond motifs is 1. The van der Waals surface area contributed by atoms with Crippen LogP contribution in [0.3, 0.4) is 0 Å². The summed E-state index contributed by atoms with van der Waals surface area (Å²) >= 11 is 0. The van der Waals surface area contributed by atoms with E-state index in [-0.39, 0.29) is 11.9 Å². The molecule has 35 heavy (non-hydrogen) atoms. The lowest BCUT2D eigenvalue weighted by Crippen LogP contribution is -2.30. The number of hydrogen-bond acceptors (Lipinski definition) is 5. The van der Waals surface area contributed by atoms with Gasteiger partial charge in [-0.15, -0.1) is 10.2 Å². The predicted molar refractivity (Wildman–Crippen MR) is 141 cm³/mol. The number of nitrogens with one attached hydrogen (secondary N) is 1. The van der Waals surface area contributed by atoms with Crippen LogP contribution >= 0.6 is 0 Å². The lowest BCUT2D eigenvalue weighted by molar-refractivity contribution is -0.121. The van der Waals surface area contributed by atoms with Crippen molar-refractivity contribution in [3.8, 4) is 0 Å². The number of hydrogen-bond donors (Lipinski definition) is 1. The van der Waals surface area contributed by atoms with Crippen molar-refractivity contribution >= 4 is 17.7 Å². The van der Waals surface area contributed by atoms with Crippen LogP contribution in [0.4, 0.5) is 5.69 Å². The molecule has 7 heteroatoms. The van der Waals surface area contributed by atoms with Gasteiger partial charge in [0, 0.05) is 58.8 Å². The van der Waals surface area contributed by atoms with Crippen molar-refractivity contribution < 1.29 is 4.79 Å². The molecule has 1 amide bonds. The van der Waals surface area contributed by atoms with E-state index in [2.05, 4.69) is 92.5 Å². The van der Waals surface area contributed by atoms with E-state index in [1.165, 1.54) is 16.8 Å². The van der Waals surface area contributed by atoms with Crippen LogP contribution in [0.2, 0.25) is 0 Å². The number of amides is 1. The molecule has 2 heterocycles. The molecule has 3 aromatic rings. The SMILES string of the molecule is C[C@H](NC(=O)CCc1ccccc1)c1nnc2n1CCN(C/C=C/c1ccc(N(C)C)cc1)CC2. The van der Waals surface area contributed by atoms with Crippen LogP contribution in [-0.2, 0) is 24.2 Å². The molecule has 1 aromatic heterocycles. The normalized spacial score (nSPS) is 14.9. The molecule has 1 aliphatic rings. The first-order chi connectivity index (χ1) is 17.0. The summed E-state index contributed by atoms with van der Waals surface area (Å²) in [6.07, 6.45) is 6.47. The molecule has 0 radical (unpaired) electrons. The Kier molecular flexibility index (Phi) is 8.32. The van der Waals surface area contributed by atoms with Gasteiger partial charge in [-0.3, -0.25) is 9.69 Å². The summed E-state index contributed by atoms with van der Waals surface area (Å²) in [6, 6.07) is 18.5. The van der Waals surface area contributed by atoms with Crippen molar-refractivity contribution in [1.82, 2.24) is 25.0 Å². The summed E-state index contributed by atoms with van der Waals surface area (Å²) < 4.78 is 2.19. The minimum absolute atomic E-state index is 0.0395. The van der Waals surface area contributed by atoms with Crippen LogP contribution in [0.15, 0.2) is 60.7 Å². The molecule has 1 aliphatic heterocycles. The van der Waals surface area contributed by atoms with Gasteiger partial charge in [0.05, 0.1) is 6.04 Å². The van der Waals surface area contributed by atoms with Crippen LogP contribution in [-0.4, -0.2) is 59.3 Å². The Morgan fingerprint density at radius 3 is 2.57 bits per heavy atom. The van der Waals surface area contributed by atoms with E-state index < -0.39 is 0 Å². The van der Waals surface area contributed by atoms with Gasteiger partial charge in [0.2, 0.25) is 5.91 Å². The molecule has 4 rings (SSSR count). The van der Waals surface area contributed by atoms with E-state index in [9.17, 15) is 4.79 Å². The Balaban J connectivity index is 1.28. The van der Waals surface area contributed by atoms with Gasteiger partial charge in [0.1, 0.15) is 5.82 Å². The van der Waals surface area contributed by atoms with Crippen molar-refractivity contribution in [2.75, 3.05) is 38.6 Å². The Labute approximate surface area is 208 Å². The number of benzene rings is 2. The number of rotatable bonds is 9. The fourth-order valence-corrected chi connectivity index (χ4v) is 4.39. The lowest BCUT2D eigenvalue weighted by atomic mass is 10.1. The monoisotopic (exact) mass is 472 g/mol. The van der Waals surface area contributed by atoms with Crippen molar-refractivity contribution in [1.29, 1.82) is 0 Å². The van der Waals surface area contributed by atoms with Crippen molar-refractivity contribution in [2.24, 2.45) is 0 Å². The zero-order valence-electron chi connectivity index (χ0n) is 21.0. The highest BCUT2D eigenvalue weighted by Gasteiger charge is 2.22. The average molecular weight is 473 g/mol. The molecule has 0 saturated carbocycles. The van der Waals surface area contributed by atoms with Crippen molar-refractivity contribution in [3.05, 3.63) is 83.4 Å². The largest absolute Gasteiger partial charge is 0.378 e. The third kappa shape index (κ3) is 6.79. The van der Waals surface area contributed by atoms with E-state index >= 15 is 0 Å². The van der Waals surface area contributed by atoms with Gasteiger partial charge in [0.15, 0.2) is 5.82 Å². The molecule has 2 aromatic carbocycles. The van der Waals surface area contributed by atoms with Gasteiger partial charge in [-0.25, -0.2) is 0 Å². The maximum atomic E-state index is 12.5. The van der Waals surface area contributed by atoms with Crippen LogP contribution in [0.5, 0.6) is 0 Å². The van der Waals surface area contributed by atoms with Gasteiger partial charge >= 0.3 is 0 Å². The fourth-order valence-electron chi connectivity index (χ4n) is 4.39. The highest BCUT2D eigenvalue weighted by atomic mass is 16.1. The van der Waals surface area contributed by atoms with Gasteiger partial charge < -0.3 is 14.8 Å². The Morgan fingerprint density at radius 2 is 1.83 bits per heavy atom. The van der Waals surface area contributed by atoms with E-state index in [0.29, 0.717) is 6.42 Å². The molecule has 0 aliphatic carbocycles. The zero-order valence-corrected chi connectivity index (χ0v) is 21.0. The quantitative estimate of drug-likeness (QED) is 0.514. The van der Waals surface area contributed by atoms with Gasteiger partial charge in [-0.2, -0.15) is 0 Å². The molecular formula is C28H36N6O. The van der Waals surface area contributed by atoms with Gasteiger partial charge in [-0.05, 0) is 36.6 Å². The summed E-state index contributed by atoms with van der Waals surface area (Å²) in [6.45, 7) is 5.59. The Morgan fingerprint density at radius 1 is 1.06 bits per heavy atom. The molecule has 7 nitrogen and oxygen atoms in total. The molecule has 184 valence electrons. The number of anilines is 1. The maximum Gasteiger partial charge on any atom is 0.220 e. The van der Waals surface area contributed by atoms with Crippen LogP contribution in [0, 0.1) is 0 Å². The number of carbonyl (C=O) groups is 1. The third-order valence-corrected chi connectivity index (χ3v) is 6.48. The molecular weight excluding hydrogens is 436 g/mol. The summed E-state index contributed by atoms with van der Waals surface area (Å²) in [7, 11) is 4.10. The standard InChI is InChI=1S/C28H36N6O/c1-22(29-27(35)16-13-23-8-5-4-6-9-23)28-31-30-26-17-19-33(20-21-34(26)28)18-7-10-24-11-14-25(15-12-24)32(2)3/h4-12,14-15,22H,13,16-21H2,1-3H3,(H,29,35)/b10-7+/t22-/m0/s1. The van der Waals surface area contributed by atoms with Crippen molar-refractivity contribution in [2.45, 2.75) is 38.8 Å². The second-order valence-electron chi connectivity index (χ2n) is 9.34. The molecule has 0 bridgehead atoms. The Hall–Kier alpha value is -3.45. The predicted octanol–water partition coefficient (Wildman–Crippen LogP) is 3.73. The van der Waals surface area contributed by atoms with Crippen LogP contribution in [0.1, 0.15) is 42.2 Å². The van der Waals surface area contributed by atoms with E-state index in [1.54, 1.807) is 0 Å². The van der Waals surface area contributed by atoms with Crippen LogP contribution < -0.4 is 10.2 Å². The molecule has 1 atom stereocenters. The summed E-state index contributed by atoms with van der Waals surface area (Å²) in [5.74, 6) is 1.88. The smallest absolute Gasteiger partial charge is 0.220 e. The van der Waals surface area contributed by atoms with E-state index in [4.69, 9.17) is 0 Å². The maximum absolute atomic E-state index is 12.5. The first-order valence-corrected chi connectivity index (χ1v) is 12.4. The fraction of sp³-hybridized carbons (Fsp3) is 0.393. The average Bonchev–Trinajstić information content (AvgIpc) is 3.17. The van der Waals surface area contributed by atoms with Crippen molar-refractivity contribution in [3.63, 3.8) is 0 Å². The Bertz CT molecular complexity index is 1120. The number of carbonyl (C=O) groups excluding carboxylic acids is 1. The number of aryl methyl sites for hydroxylation is 1. The first kappa shape index (κ1) is 24.7. The first-order valence-electron chi connectivity index (χ1n) is 12.4. The molecule has 0 saturated heterocycles. The third-order valence-electron chi connectivity index (χ3n) is 6.48. The zero-order chi connectivity index (χ0) is 24.6. The number of aromatic nitrogens is 3. The summed E-state index contributed by atoms with van der Waals surface area (Å²) in [4.78, 5) is 17.1. The highest BCUT2D eigenvalue weighted by molar-refractivity contribution is 5.76. The molecule has 0 fully saturated rings. The molecule has 0 spiro atoms. The summed E-state index contributed by atoms with van der Waals surface area (Å²) in [5.41, 5.74) is 3.59. The number of nitrogens with zero attached hydrogens (tertiary/aromatic N) is 5. The van der Waals surface area contributed by atoms with Gasteiger partial charge in [-0.1, -0.05) is 54.6 Å². The minimum atomic E-state index is -0.170. The van der Waals surface area contributed by atoms with Crippen LogP contribution in [0.25, 0.3) is 6.08 Å². The van der Waals surface area contributed by atoms with E-state index in [1.807, 2.05) is 25.1 Å². The topological polar surface area (TPSA) is 66.3 Å².